The number of ether oxygens (including phenoxy) is 1. The van der Waals surface area contributed by atoms with E-state index in [2.05, 4.69) is 46.4 Å². The fraction of sp³-hybridized carbons (Fsp3) is 0.680. The monoisotopic (exact) mass is 443 g/mol. The van der Waals surface area contributed by atoms with E-state index in [1.165, 1.54) is 12.0 Å². The standard InChI is InChI=1S/C25H41N5O2/c1-4-26-25(27-13-12-20(2)21-8-10-23(32-3)11-9-21)28-14-15-29-16-18-30(19-17-29)24(31)22-6-5-7-22/h8-11,20,22H,4-7,12-19H2,1-3H3,(H2,26,27,28). The zero-order valence-electron chi connectivity index (χ0n) is 20.1. The molecule has 3 rings (SSSR count). The van der Waals surface area contributed by atoms with Crippen LogP contribution in [-0.4, -0.2) is 81.1 Å². The number of carbonyl (C=O) groups excluding carboxylic acids is 1. The Morgan fingerprint density at radius 1 is 1.16 bits per heavy atom. The van der Waals surface area contributed by atoms with Crippen LogP contribution in [-0.2, 0) is 4.79 Å². The highest BCUT2D eigenvalue weighted by Crippen LogP contribution is 2.28. The summed E-state index contributed by atoms with van der Waals surface area (Å²) in [4.78, 5) is 21.7. The molecule has 1 saturated heterocycles. The third-order valence-electron chi connectivity index (χ3n) is 6.72. The van der Waals surface area contributed by atoms with Crippen LogP contribution >= 0.6 is 0 Å². The van der Waals surface area contributed by atoms with Crippen molar-refractivity contribution >= 4 is 11.9 Å². The first-order chi connectivity index (χ1) is 15.6. The summed E-state index contributed by atoms with van der Waals surface area (Å²) < 4.78 is 5.24. The number of piperazine rings is 1. The minimum atomic E-state index is 0.314. The first-order valence-corrected chi connectivity index (χ1v) is 12.3. The second kappa shape index (κ2) is 12.7. The van der Waals surface area contributed by atoms with Crippen LogP contribution in [0.2, 0.25) is 0 Å². The highest BCUT2D eigenvalue weighted by molar-refractivity contribution is 5.80. The van der Waals surface area contributed by atoms with Gasteiger partial charge in [0.1, 0.15) is 5.75 Å². The average molecular weight is 444 g/mol. The fourth-order valence-electron chi connectivity index (χ4n) is 4.25. The lowest BCUT2D eigenvalue weighted by Gasteiger charge is -2.38. The lowest BCUT2D eigenvalue weighted by Crippen LogP contribution is -2.52. The third-order valence-corrected chi connectivity index (χ3v) is 6.72. The molecule has 1 aliphatic heterocycles. The molecule has 7 heteroatoms. The van der Waals surface area contributed by atoms with Gasteiger partial charge in [-0.1, -0.05) is 25.5 Å². The van der Waals surface area contributed by atoms with Gasteiger partial charge in [-0.2, -0.15) is 0 Å². The smallest absolute Gasteiger partial charge is 0.225 e. The molecule has 32 heavy (non-hydrogen) atoms. The van der Waals surface area contributed by atoms with Crippen molar-refractivity contribution in [2.75, 3.05) is 59.5 Å². The zero-order chi connectivity index (χ0) is 22.8. The molecule has 1 aromatic carbocycles. The molecular formula is C25H41N5O2. The number of carbonyl (C=O) groups is 1. The van der Waals surface area contributed by atoms with Gasteiger partial charge in [0.25, 0.3) is 0 Å². The van der Waals surface area contributed by atoms with Gasteiger partial charge in [-0.05, 0) is 49.8 Å². The molecule has 0 spiro atoms. The van der Waals surface area contributed by atoms with Crippen molar-refractivity contribution < 1.29 is 9.53 Å². The number of benzene rings is 1. The number of aliphatic imine (C=N–C) groups is 1. The van der Waals surface area contributed by atoms with Gasteiger partial charge < -0.3 is 20.3 Å². The van der Waals surface area contributed by atoms with E-state index < -0.39 is 0 Å². The number of hydrogen-bond acceptors (Lipinski definition) is 4. The van der Waals surface area contributed by atoms with E-state index in [9.17, 15) is 4.79 Å². The van der Waals surface area contributed by atoms with Gasteiger partial charge in [-0.3, -0.25) is 14.7 Å². The van der Waals surface area contributed by atoms with E-state index >= 15 is 0 Å². The Bertz CT molecular complexity index is 724. The molecule has 7 nitrogen and oxygen atoms in total. The van der Waals surface area contributed by atoms with E-state index in [1.807, 2.05) is 12.1 Å². The summed E-state index contributed by atoms with van der Waals surface area (Å²) in [6.45, 7) is 11.5. The van der Waals surface area contributed by atoms with Crippen LogP contribution in [0.3, 0.4) is 0 Å². The number of guanidine groups is 1. The minimum absolute atomic E-state index is 0.314. The first kappa shape index (κ1) is 24.4. The van der Waals surface area contributed by atoms with Crippen molar-refractivity contribution in [3.05, 3.63) is 29.8 Å². The molecule has 1 unspecified atom stereocenters. The molecule has 1 heterocycles. The average Bonchev–Trinajstić information content (AvgIpc) is 2.78. The van der Waals surface area contributed by atoms with Gasteiger partial charge in [0.15, 0.2) is 5.96 Å². The van der Waals surface area contributed by atoms with Crippen LogP contribution in [0.25, 0.3) is 0 Å². The highest BCUT2D eigenvalue weighted by Gasteiger charge is 2.30. The summed E-state index contributed by atoms with van der Waals surface area (Å²) in [6.07, 6.45) is 4.40. The van der Waals surface area contributed by atoms with Crippen molar-refractivity contribution in [1.82, 2.24) is 20.4 Å². The fourth-order valence-corrected chi connectivity index (χ4v) is 4.25. The highest BCUT2D eigenvalue weighted by atomic mass is 16.5. The summed E-state index contributed by atoms with van der Waals surface area (Å²) in [7, 11) is 1.69. The SMILES string of the molecule is CCNC(=NCCC(C)c1ccc(OC)cc1)NCCN1CCN(C(=O)C2CCC2)CC1. The minimum Gasteiger partial charge on any atom is -0.497 e. The third kappa shape index (κ3) is 7.12. The lowest BCUT2D eigenvalue weighted by atomic mass is 9.84. The second-order valence-corrected chi connectivity index (χ2v) is 8.95. The van der Waals surface area contributed by atoms with E-state index in [0.29, 0.717) is 17.7 Å². The maximum atomic E-state index is 12.4. The van der Waals surface area contributed by atoms with Gasteiger partial charge in [0.2, 0.25) is 5.91 Å². The van der Waals surface area contributed by atoms with Gasteiger partial charge >= 0.3 is 0 Å². The maximum Gasteiger partial charge on any atom is 0.225 e. The molecule has 1 atom stereocenters. The first-order valence-electron chi connectivity index (χ1n) is 12.3. The van der Waals surface area contributed by atoms with Crippen LogP contribution in [0.1, 0.15) is 51.0 Å². The summed E-state index contributed by atoms with van der Waals surface area (Å²) >= 11 is 0. The number of methoxy groups -OCH3 is 1. The Hall–Kier alpha value is -2.28. The normalized spacial score (nSPS) is 18.7. The van der Waals surface area contributed by atoms with Crippen LogP contribution in [0, 0.1) is 5.92 Å². The largest absolute Gasteiger partial charge is 0.497 e. The molecular weight excluding hydrogens is 402 g/mol. The quantitative estimate of drug-likeness (QED) is 0.430. The number of rotatable bonds is 10. The predicted octanol–water partition coefficient (Wildman–Crippen LogP) is 2.69. The summed E-state index contributed by atoms with van der Waals surface area (Å²) in [5.41, 5.74) is 1.31. The number of hydrogen-bond donors (Lipinski definition) is 2. The lowest BCUT2D eigenvalue weighted by molar-refractivity contribution is -0.139. The molecule has 1 aliphatic carbocycles. The molecule has 0 bridgehead atoms. The Morgan fingerprint density at radius 3 is 2.47 bits per heavy atom. The van der Waals surface area contributed by atoms with Crippen molar-refractivity contribution in [1.29, 1.82) is 0 Å². The molecule has 0 aromatic heterocycles. The number of amides is 1. The van der Waals surface area contributed by atoms with Crippen LogP contribution in [0.5, 0.6) is 5.75 Å². The Labute approximate surface area is 193 Å². The van der Waals surface area contributed by atoms with Gasteiger partial charge in [0.05, 0.1) is 7.11 Å². The van der Waals surface area contributed by atoms with E-state index in [4.69, 9.17) is 9.73 Å². The number of nitrogens with zero attached hydrogens (tertiary/aromatic N) is 3. The van der Waals surface area contributed by atoms with E-state index in [-0.39, 0.29) is 0 Å². The van der Waals surface area contributed by atoms with E-state index in [1.54, 1.807) is 7.11 Å². The van der Waals surface area contributed by atoms with Crippen LogP contribution in [0.4, 0.5) is 0 Å². The van der Waals surface area contributed by atoms with Gasteiger partial charge in [0, 0.05) is 58.3 Å². The molecule has 2 aliphatic rings. The summed E-state index contributed by atoms with van der Waals surface area (Å²) in [5.74, 6) is 2.93. The summed E-state index contributed by atoms with van der Waals surface area (Å²) in [5, 5.41) is 6.81. The molecule has 0 radical (unpaired) electrons. The van der Waals surface area contributed by atoms with Crippen LogP contribution in [0.15, 0.2) is 29.3 Å². The topological polar surface area (TPSA) is 69.2 Å². The van der Waals surface area contributed by atoms with Crippen molar-refractivity contribution in [3.63, 3.8) is 0 Å². The Balaban J connectivity index is 1.35. The second-order valence-electron chi connectivity index (χ2n) is 8.95. The van der Waals surface area contributed by atoms with Gasteiger partial charge in [-0.25, -0.2) is 0 Å². The molecule has 2 N–H and O–H groups in total. The zero-order valence-corrected chi connectivity index (χ0v) is 20.1. The molecule has 1 amide bonds. The van der Waals surface area contributed by atoms with Crippen molar-refractivity contribution in [2.45, 2.75) is 45.4 Å². The Kier molecular flexibility index (Phi) is 9.65. The molecule has 2 fully saturated rings. The van der Waals surface area contributed by atoms with Crippen molar-refractivity contribution in [3.8, 4) is 5.75 Å². The molecule has 1 saturated carbocycles. The molecule has 178 valence electrons. The molecule has 1 aromatic rings. The maximum absolute atomic E-state index is 12.4. The number of nitrogens with one attached hydrogen (secondary N) is 2. The van der Waals surface area contributed by atoms with E-state index in [0.717, 1.165) is 83.3 Å². The van der Waals surface area contributed by atoms with Crippen molar-refractivity contribution in [2.24, 2.45) is 10.9 Å². The van der Waals surface area contributed by atoms with Gasteiger partial charge in [-0.15, -0.1) is 0 Å². The van der Waals surface area contributed by atoms with Crippen LogP contribution < -0.4 is 15.4 Å². The predicted molar refractivity (Wildman–Crippen MR) is 130 cm³/mol. The summed E-state index contributed by atoms with van der Waals surface area (Å²) in [6, 6.07) is 8.31. The Morgan fingerprint density at radius 2 is 1.88 bits per heavy atom.